The third-order valence-corrected chi connectivity index (χ3v) is 6.99. The average molecular weight is 448 g/mol. The standard InChI is InChI=1S/C25H25N3O3S/c1-30-22-10-9-18(14-23(22)31-2)21-15-19(24-8-5-13-32-24)26-28(21)25(29)16-27-12-11-17-6-3-4-7-20(17)27/h3-10,13-14,21H,11-12,15-16H2,1-2H3. The molecule has 0 N–H and O–H groups in total. The number of nitrogens with zero attached hydrogens (tertiary/aromatic N) is 3. The predicted octanol–water partition coefficient (Wildman–Crippen LogP) is 4.51. The summed E-state index contributed by atoms with van der Waals surface area (Å²) in [6.07, 6.45) is 1.63. The SMILES string of the molecule is COc1ccc(C2CC(c3cccs3)=NN2C(=O)CN2CCc3ccccc32)cc1OC. The Morgan fingerprint density at radius 2 is 1.94 bits per heavy atom. The topological polar surface area (TPSA) is 54.4 Å². The Kier molecular flexibility index (Phi) is 5.57. The Balaban J connectivity index is 1.45. The summed E-state index contributed by atoms with van der Waals surface area (Å²) in [5, 5.41) is 8.50. The van der Waals surface area contributed by atoms with Gasteiger partial charge >= 0.3 is 0 Å². The van der Waals surface area contributed by atoms with Crippen LogP contribution in [0.15, 0.2) is 65.1 Å². The molecule has 0 fully saturated rings. The lowest BCUT2D eigenvalue weighted by molar-refractivity contribution is -0.131. The molecule has 0 spiro atoms. The van der Waals surface area contributed by atoms with Crippen LogP contribution in [0.25, 0.3) is 0 Å². The minimum atomic E-state index is -0.183. The van der Waals surface area contributed by atoms with E-state index in [1.54, 1.807) is 30.6 Å². The largest absolute Gasteiger partial charge is 0.493 e. The summed E-state index contributed by atoms with van der Waals surface area (Å²) >= 11 is 1.64. The van der Waals surface area contributed by atoms with Crippen LogP contribution >= 0.6 is 11.3 Å². The van der Waals surface area contributed by atoms with E-state index < -0.39 is 0 Å². The first kappa shape index (κ1) is 20.6. The Bertz CT molecular complexity index is 1160. The molecule has 7 heteroatoms. The fourth-order valence-corrected chi connectivity index (χ4v) is 5.18. The Hall–Kier alpha value is -3.32. The summed E-state index contributed by atoms with van der Waals surface area (Å²) in [6, 6.07) is 18.0. The maximum absolute atomic E-state index is 13.5. The van der Waals surface area contributed by atoms with Gasteiger partial charge in [-0.1, -0.05) is 30.3 Å². The van der Waals surface area contributed by atoms with Crippen molar-refractivity contribution in [2.24, 2.45) is 5.10 Å². The zero-order valence-electron chi connectivity index (χ0n) is 18.2. The van der Waals surface area contributed by atoms with E-state index in [-0.39, 0.29) is 11.9 Å². The highest BCUT2D eigenvalue weighted by Gasteiger charge is 2.35. The van der Waals surface area contributed by atoms with Crippen molar-refractivity contribution in [2.75, 3.05) is 32.2 Å². The van der Waals surface area contributed by atoms with Gasteiger partial charge in [-0.15, -0.1) is 11.3 Å². The fourth-order valence-electron chi connectivity index (χ4n) is 4.46. The molecule has 32 heavy (non-hydrogen) atoms. The summed E-state index contributed by atoms with van der Waals surface area (Å²) in [6.45, 7) is 1.16. The first-order valence-corrected chi connectivity index (χ1v) is 11.5. The first-order valence-electron chi connectivity index (χ1n) is 10.7. The van der Waals surface area contributed by atoms with Crippen LogP contribution in [-0.2, 0) is 11.2 Å². The van der Waals surface area contributed by atoms with Crippen LogP contribution in [0, 0.1) is 0 Å². The Labute approximate surface area is 191 Å². The molecule has 2 aliphatic heterocycles. The van der Waals surface area contributed by atoms with Gasteiger partial charge in [0.2, 0.25) is 0 Å². The van der Waals surface area contributed by atoms with Gasteiger partial charge in [0.05, 0.1) is 37.4 Å². The smallest absolute Gasteiger partial charge is 0.262 e. The maximum Gasteiger partial charge on any atom is 0.262 e. The number of hydrogen-bond donors (Lipinski definition) is 0. The number of amides is 1. The van der Waals surface area contributed by atoms with Crippen molar-refractivity contribution in [3.63, 3.8) is 0 Å². The third kappa shape index (κ3) is 3.73. The van der Waals surface area contributed by atoms with E-state index in [2.05, 4.69) is 29.2 Å². The molecule has 3 heterocycles. The number of thiophene rings is 1. The lowest BCUT2D eigenvalue weighted by Crippen LogP contribution is -2.37. The molecular weight excluding hydrogens is 422 g/mol. The number of ether oxygens (including phenoxy) is 2. The summed E-state index contributed by atoms with van der Waals surface area (Å²) in [5.41, 5.74) is 4.36. The number of hydrogen-bond acceptors (Lipinski definition) is 6. The maximum atomic E-state index is 13.5. The van der Waals surface area contributed by atoms with Crippen LogP contribution in [0.4, 0.5) is 5.69 Å². The van der Waals surface area contributed by atoms with E-state index in [0.29, 0.717) is 24.5 Å². The van der Waals surface area contributed by atoms with Gasteiger partial charge < -0.3 is 14.4 Å². The van der Waals surface area contributed by atoms with Gasteiger partial charge in [-0.05, 0) is 47.2 Å². The van der Waals surface area contributed by atoms with E-state index in [4.69, 9.17) is 14.6 Å². The highest BCUT2D eigenvalue weighted by Crippen LogP contribution is 2.38. The molecular formula is C25H25N3O3S. The van der Waals surface area contributed by atoms with Crippen LogP contribution in [0.1, 0.15) is 28.5 Å². The van der Waals surface area contributed by atoms with Crippen LogP contribution in [0.5, 0.6) is 11.5 Å². The van der Waals surface area contributed by atoms with E-state index in [1.165, 1.54) is 5.56 Å². The van der Waals surface area contributed by atoms with Gasteiger partial charge in [0.1, 0.15) is 0 Å². The molecule has 1 unspecified atom stereocenters. The van der Waals surface area contributed by atoms with Crippen molar-refractivity contribution in [2.45, 2.75) is 18.9 Å². The second-order valence-corrected chi connectivity index (χ2v) is 8.84. The van der Waals surface area contributed by atoms with E-state index in [0.717, 1.165) is 34.8 Å². The van der Waals surface area contributed by atoms with Crippen molar-refractivity contribution < 1.29 is 14.3 Å². The van der Waals surface area contributed by atoms with Crippen molar-refractivity contribution in [3.05, 3.63) is 76.0 Å². The molecule has 2 aromatic carbocycles. The number of rotatable bonds is 6. The lowest BCUT2D eigenvalue weighted by Gasteiger charge is -2.26. The number of methoxy groups -OCH3 is 2. The second-order valence-electron chi connectivity index (χ2n) is 7.90. The molecule has 0 radical (unpaired) electrons. The van der Waals surface area contributed by atoms with Gasteiger partial charge in [-0.3, -0.25) is 4.79 Å². The highest BCUT2D eigenvalue weighted by atomic mass is 32.1. The molecule has 0 aliphatic carbocycles. The highest BCUT2D eigenvalue weighted by molar-refractivity contribution is 7.12. The molecule has 0 saturated carbocycles. The Morgan fingerprint density at radius 3 is 2.72 bits per heavy atom. The average Bonchev–Trinajstić information content (AvgIpc) is 3.58. The van der Waals surface area contributed by atoms with E-state index >= 15 is 0 Å². The Morgan fingerprint density at radius 1 is 1.09 bits per heavy atom. The van der Waals surface area contributed by atoms with E-state index in [9.17, 15) is 4.79 Å². The summed E-state index contributed by atoms with van der Waals surface area (Å²) in [5.74, 6) is 1.31. The molecule has 164 valence electrons. The van der Waals surface area contributed by atoms with Crippen molar-refractivity contribution in [1.29, 1.82) is 0 Å². The van der Waals surface area contributed by atoms with Crippen LogP contribution in [0.3, 0.4) is 0 Å². The molecule has 0 bridgehead atoms. The quantitative estimate of drug-likeness (QED) is 0.558. The van der Waals surface area contributed by atoms with Gasteiger partial charge in [0, 0.05) is 18.7 Å². The van der Waals surface area contributed by atoms with Gasteiger partial charge in [0.15, 0.2) is 11.5 Å². The molecule has 1 aromatic heterocycles. The molecule has 2 aliphatic rings. The zero-order chi connectivity index (χ0) is 22.1. The van der Waals surface area contributed by atoms with Crippen molar-refractivity contribution in [1.82, 2.24) is 5.01 Å². The van der Waals surface area contributed by atoms with Crippen LogP contribution < -0.4 is 14.4 Å². The summed E-state index contributed by atoms with van der Waals surface area (Å²) < 4.78 is 10.9. The monoisotopic (exact) mass is 447 g/mol. The van der Waals surface area contributed by atoms with Gasteiger partial charge in [-0.25, -0.2) is 5.01 Å². The summed E-state index contributed by atoms with van der Waals surface area (Å²) in [4.78, 5) is 16.8. The molecule has 3 aromatic rings. The first-order chi connectivity index (χ1) is 15.7. The molecule has 1 atom stereocenters. The van der Waals surface area contributed by atoms with Gasteiger partial charge in [0.25, 0.3) is 5.91 Å². The fraction of sp³-hybridized carbons (Fsp3) is 0.280. The molecule has 0 saturated heterocycles. The number of carbonyl (C=O) groups is 1. The van der Waals surface area contributed by atoms with Gasteiger partial charge in [-0.2, -0.15) is 5.10 Å². The predicted molar refractivity (Wildman–Crippen MR) is 127 cm³/mol. The number of anilines is 1. The molecule has 1 amide bonds. The lowest BCUT2D eigenvalue weighted by atomic mass is 10.0. The number of para-hydroxylation sites is 1. The normalized spacial score (nSPS) is 17.3. The second kappa shape index (κ2) is 8.67. The van der Waals surface area contributed by atoms with Crippen molar-refractivity contribution in [3.8, 4) is 11.5 Å². The number of benzene rings is 2. The minimum Gasteiger partial charge on any atom is -0.493 e. The van der Waals surface area contributed by atoms with Crippen molar-refractivity contribution >= 4 is 28.6 Å². The number of carbonyl (C=O) groups excluding carboxylic acids is 1. The van der Waals surface area contributed by atoms with Crippen LogP contribution in [-0.4, -0.2) is 43.9 Å². The molecule has 5 rings (SSSR count). The third-order valence-electron chi connectivity index (χ3n) is 6.07. The number of hydrazone groups is 1. The zero-order valence-corrected chi connectivity index (χ0v) is 19.0. The van der Waals surface area contributed by atoms with Crippen LogP contribution in [0.2, 0.25) is 0 Å². The minimum absolute atomic E-state index is 0.00644. The molecule has 6 nitrogen and oxygen atoms in total. The van der Waals surface area contributed by atoms with E-state index in [1.807, 2.05) is 35.7 Å². The summed E-state index contributed by atoms with van der Waals surface area (Å²) in [7, 11) is 3.24. The number of fused-ring (bicyclic) bond motifs is 1.